The SMILES string of the molecule is O=C(O)CC(c1ccc(O[C@@H](Cc2ccccc2)c2ccc3cc[nH]c3n2)cc1)c1ccon1. The summed E-state index contributed by atoms with van der Waals surface area (Å²) in [6.45, 7) is 0. The second-order valence-electron chi connectivity index (χ2n) is 8.09. The first-order chi connectivity index (χ1) is 16.7. The van der Waals surface area contributed by atoms with Crippen LogP contribution in [0.2, 0.25) is 0 Å². The molecule has 2 N–H and O–H groups in total. The summed E-state index contributed by atoms with van der Waals surface area (Å²) in [6, 6.07) is 25.3. The van der Waals surface area contributed by atoms with Gasteiger partial charge < -0.3 is 19.4 Å². The van der Waals surface area contributed by atoms with Crippen molar-refractivity contribution in [1.82, 2.24) is 15.1 Å². The number of H-pyrrole nitrogens is 1. The second-order valence-corrected chi connectivity index (χ2v) is 8.09. The topological polar surface area (TPSA) is 101 Å². The van der Waals surface area contributed by atoms with Gasteiger partial charge in [-0.25, -0.2) is 4.98 Å². The van der Waals surface area contributed by atoms with Gasteiger partial charge in [0.15, 0.2) is 0 Å². The number of aromatic amines is 1. The molecule has 0 aliphatic carbocycles. The molecule has 5 rings (SSSR count). The van der Waals surface area contributed by atoms with E-state index in [0.717, 1.165) is 27.9 Å². The van der Waals surface area contributed by atoms with E-state index in [1.165, 1.54) is 6.26 Å². The Morgan fingerprint density at radius 1 is 0.971 bits per heavy atom. The largest absolute Gasteiger partial charge is 0.484 e. The van der Waals surface area contributed by atoms with Crippen LogP contribution in [0.1, 0.15) is 41.0 Å². The highest BCUT2D eigenvalue weighted by molar-refractivity contribution is 5.75. The summed E-state index contributed by atoms with van der Waals surface area (Å²) < 4.78 is 11.3. The maximum absolute atomic E-state index is 11.4. The third kappa shape index (κ3) is 4.83. The van der Waals surface area contributed by atoms with Crippen LogP contribution >= 0.6 is 0 Å². The van der Waals surface area contributed by atoms with Crippen LogP contribution in [-0.4, -0.2) is 26.2 Å². The van der Waals surface area contributed by atoms with Gasteiger partial charge in [-0.1, -0.05) is 47.6 Å². The van der Waals surface area contributed by atoms with Gasteiger partial charge in [-0.3, -0.25) is 4.79 Å². The van der Waals surface area contributed by atoms with Gasteiger partial charge in [0.25, 0.3) is 0 Å². The van der Waals surface area contributed by atoms with Crippen LogP contribution in [0, 0.1) is 0 Å². The zero-order chi connectivity index (χ0) is 23.3. The maximum atomic E-state index is 11.4. The second kappa shape index (κ2) is 9.62. The summed E-state index contributed by atoms with van der Waals surface area (Å²) in [5.74, 6) is -0.628. The van der Waals surface area contributed by atoms with E-state index in [1.54, 1.807) is 6.07 Å². The van der Waals surface area contributed by atoms with Gasteiger partial charge in [-0.05, 0) is 41.5 Å². The number of nitrogens with one attached hydrogen (secondary N) is 1. The third-order valence-corrected chi connectivity index (χ3v) is 5.78. The first kappa shape index (κ1) is 21.5. The van der Waals surface area contributed by atoms with Crippen LogP contribution in [-0.2, 0) is 11.2 Å². The monoisotopic (exact) mass is 453 g/mol. The maximum Gasteiger partial charge on any atom is 0.304 e. The normalized spacial score (nSPS) is 12.9. The van der Waals surface area contributed by atoms with Crippen molar-refractivity contribution in [2.75, 3.05) is 0 Å². The summed E-state index contributed by atoms with van der Waals surface area (Å²) in [6.07, 6.45) is 3.59. The van der Waals surface area contributed by atoms with Crippen molar-refractivity contribution in [3.8, 4) is 5.75 Å². The lowest BCUT2D eigenvalue weighted by Gasteiger charge is -2.20. The molecule has 0 bridgehead atoms. The highest BCUT2D eigenvalue weighted by Crippen LogP contribution is 2.31. The number of rotatable bonds is 9. The molecule has 34 heavy (non-hydrogen) atoms. The van der Waals surface area contributed by atoms with Crippen LogP contribution in [0.15, 0.2) is 95.8 Å². The number of nitrogens with zero attached hydrogens (tertiary/aromatic N) is 2. The fourth-order valence-electron chi connectivity index (χ4n) is 4.07. The van der Waals surface area contributed by atoms with Crippen molar-refractivity contribution in [3.05, 3.63) is 114 Å². The van der Waals surface area contributed by atoms with Gasteiger partial charge in [0.2, 0.25) is 0 Å². The lowest BCUT2D eigenvalue weighted by molar-refractivity contribution is -0.137. The van der Waals surface area contributed by atoms with E-state index < -0.39 is 11.9 Å². The summed E-state index contributed by atoms with van der Waals surface area (Å²) in [5.41, 5.74) is 4.20. The first-order valence-corrected chi connectivity index (χ1v) is 11.0. The van der Waals surface area contributed by atoms with Crippen molar-refractivity contribution in [2.24, 2.45) is 0 Å². The number of carboxylic acid groups (broad SMARTS) is 1. The minimum absolute atomic E-state index is 0.0799. The molecule has 5 aromatic rings. The molecule has 3 heterocycles. The molecular formula is C27H23N3O4. The van der Waals surface area contributed by atoms with E-state index in [1.807, 2.05) is 66.9 Å². The molecule has 0 spiro atoms. The Morgan fingerprint density at radius 3 is 2.53 bits per heavy atom. The summed E-state index contributed by atoms with van der Waals surface area (Å²) in [7, 11) is 0. The van der Waals surface area contributed by atoms with E-state index in [0.29, 0.717) is 17.9 Å². The lowest BCUT2D eigenvalue weighted by Crippen LogP contribution is -2.13. The fraction of sp³-hybridized carbons (Fsp3) is 0.148. The Kier molecular flexibility index (Phi) is 6.07. The number of fused-ring (bicyclic) bond motifs is 1. The Morgan fingerprint density at radius 2 is 1.79 bits per heavy atom. The van der Waals surface area contributed by atoms with Crippen molar-refractivity contribution >= 4 is 17.0 Å². The number of carboxylic acids is 1. The summed E-state index contributed by atoms with van der Waals surface area (Å²) in [4.78, 5) is 19.3. The molecule has 7 nitrogen and oxygen atoms in total. The molecule has 0 aliphatic heterocycles. The zero-order valence-electron chi connectivity index (χ0n) is 18.3. The number of hydrogen-bond acceptors (Lipinski definition) is 5. The highest BCUT2D eigenvalue weighted by atomic mass is 16.5. The van der Waals surface area contributed by atoms with Gasteiger partial charge in [0.1, 0.15) is 23.8 Å². The quantitative estimate of drug-likeness (QED) is 0.305. The van der Waals surface area contributed by atoms with Crippen LogP contribution in [0.3, 0.4) is 0 Å². The van der Waals surface area contributed by atoms with Gasteiger partial charge in [-0.2, -0.15) is 0 Å². The van der Waals surface area contributed by atoms with E-state index in [2.05, 4.69) is 22.3 Å². The highest BCUT2D eigenvalue weighted by Gasteiger charge is 2.22. The van der Waals surface area contributed by atoms with Gasteiger partial charge in [0.05, 0.1) is 17.8 Å². The smallest absolute Gasteiger partial charge is 0.304 e. The minimum atomic E-state index is -0.901. The standard InChI is InChI=1S/C27H23N3O4/c31-26(32)17-22(23-13-15-33-30-23)19-6-9-21(10-7-19)34-25(16-18-4-2-1-3-5-18)24-11-8-20-12-14-28-27(20)29-24/h1-15,22,25H,16-17H2,(H,28,29)(H,31,32)/t22?,25-/m0/s1. The molecule has 0 saturated heterocycles. The van der Waals surface area contributed by atoms with Gasteiger partial charge in [-0.15, -0.1) is 0 Å². The zero-order valence-corrected chi connectivity index (χ0v) is 18.3. The molecule has 2 aromatic carbocycles. The Balaban J connectivity index is 1.42. The van der Waals surface area contributed by atoms with Crippen molar-refractivity contribution in [3.63, 3.8) is 0 Å². The predicted octanol–water partition coefficient (Wildman–Crippen LogP) is 5.52. The van der Waals surface area contributed by atoms with E-state index in [-0.39, 0.29) is 12.5 Å². The van der Waals surface area contributed by atoms with Crippen LogP contribution < -0.4 is 4.74 Å². The molecule has 0 fully saturated rings. The third-order valence-electron chi connectivity index (χ3n) is 5.78. The van der Waals surface area contributed by atoms with E-state index in [4.69, 9.17) is 14.2 Å². The lowest BCUT2D eigenvalue weighted by atomic mass is 9.92. The Bertz CT molecular complexity index is 1360. The predicted molar refractivity (Wildman–Crippen MR) is 127 cm³/mol. The Labute approximate surface area is 196 Å². The molecule has 1 unspecified atom stereocenters. The Hall–Kier alpha value is -4.39. The molecule has 0 aliphatic rings. The molecule has 0 amide bonds. The first-order valence-electron chi connectivity index (χ1n) is 11.0. The number of ether oxygens (including phenoxy) is 1. The van der Waals surface area contributed by atoms with Crippen molar-refractivity contribution in [1.29, 1.82) is 0 Å². The van der Waals surface area contributed by atoms with Gasteiger partial charge >= 0.3 is 5.97 Å². The minimum Gasteiger partial charge on any atom is -0.484 e. The molecule has 0 radical (unpaired) electrons. The van der Waals surface area contributed by atoms with Crippen LogP contribution in [0.5, 0.6) is 5.75 Å². The molecule has 2 atom stereocenters. The molecule has 3 aromatic heterocycles. The number of carbonyl (C=O) groups is 1. The average Bonchev–Trinajstić information content (AvgIpc) is 3.55. The molecule has 170 valence electrons. The number of pyridine rings is 1. The van der Waals surface area contributed by atoms with E-state index in [9.17, 15) is 9.90 Å². The van der Waals surface area contributed by atoms with Crippen LogP contribution in [0.4, 0.5) is 0 Å². The van der Waals surface area contributed by atoms with Crippen molar-refractivity contribution < 1.29 is 19.2 Å². The molecule has 7 heteroatoms. The number of aromatic nitrogens is 3. The number of hydrogen-bond donors (Lipinski definition) is 2. The average molecular weight is 453 g/mol. The van der Waals surface area contributed by atoms with Crippen molar-refractivity contribution in [2.45, 2.75) is 24.9 Å². The van der Waals surface area contributed by atoms with E-state index >= 15 is 0 Å². The molecular weight excluding hydrogens is 430 g/mol. The number of aliphatic carboxylic acids is 1. The van der Waals surface area contributed by atoms with Crippen LogP contribution in [0.25, 0.3) is 11.0 Å². The van der Waals surface area contributed by atoms with Gasteiger partial charge in [0, 0.05) is 30.0 Å². The molecule has 0 saturated carbocycles. The summed E-state index contributed by atoms with van der Waals surface area (Å²) >= 11 is 0. The number of benzene rings is 2. The fourth-order valence-corrected chi connectivity index (χ4v) is 4.07. The summed E-state index contributed by atoms with van der Waals surface area (Å²) in [5, 5.41) is 14.3.